The number of ether oxygens (including phenoxy) is 8. The van der Waals surface area contributed by atoms with Crippen LogP contribution >= 0.6 is 8.07 Å². The third kappa shape index (κ3) is 48.1. The molecule has 26 heteroatoms. The molecule has 676 valence electrons. The van der Waals surface area contributed by atoms with Crippen LogP contribution in [-0.2, 0) is 81.0 Å². The highest BCUT2D eigenvalue weighted by atomic mass is 31.1. The molecule has 0 aromatic heterocycles. The van der Waals surface area contributed by atoms with E-state index in [1.54, 1.807) is 4.67 Å². The summed E-state index contributed by atoms with van der Waals surface area (Å²) in [6.45, 7) is 73.0. The van der Waals surface area contributed by atoms with E-state index in [1.165, 1.54) is 12.2 Å². The smallest absolute Gasteiger partial charge is 0.253 e. The fraction of sp³-hybridized carbons (Fsp3) is 0.878. The Morgan fingerprint density at radius 2 is 0.690 bits per heavy atom. The van der Waals surface area contributed by atoms with Gasteiger partial charge in [-0.1, -0.05) is 166 Å². The van der Waals surface area contributed by atoms with Gasteiger partial charge >= 0.3 is 0 Å². The van der Waals surface area contributed by atoms with Crippen LogP contribution in [-0.4, -0.2) is 223 Å². The van der Waals surface area contributed by atoms with Gasteiger partial charge in [0.2, 0.25) is 41.4 Å². The Hall–Kier alpha value is -4.72. The normalized spacial score (nSPS) is 14.6. The van der Waals surface area contributed by atoms with Crippen LogP contribution in [0.25, 0.3) is 0 Å². The van der Waals surface area contributed by atoms with E-state index in [0.29, 0.717) is 144 Å². The van der Waals surface area contributed by atoms with E-state index < -0.39 is 80.2 Å². The zero-order chi connectivity index (χ0) is 89.7. The quantitative estimate of drug-likeness (QED) is 0.0187. The molecular formula is C90H169N8O17P. The monoisotopic (exact) mass is 1670 g/mol. The topological polar surface area (TPSA) is 306 Å². The van der Waals surface area contributed by atoms with Crippen molar-refractivity contribution in [3.63, 3.8) is 0 Å². The Balaban J connectivity index is 2.60. The van der Waals surface area contributed by atoms with E-state index in [9.17, 15) is 43.2 Å². The molecule has 1 heterocycles. The van der Waals surface area contributed by atoms with Crippen LogP contribution in [0.4, 0.5) is 0 Å². The number of hydrogen-bond acceptors (Lipinski definition) is 17. The van der Waals surface area contributed by atoms with Crippen LogP contribution in [0.15, 0.2) is 12.2 Å². The van der Waals surface area contributed by atoms with Gasteiger partial charge in [-0.25, -0.2) is 0 Å². The van der Waals surface area contributed by atoms with Gasteiger partial charge in [0.1, 0.15) is 0 Å². The number of nitrogens with one attached hydrogen (secondary N) is 6. The van der Waals surface area contributed by atoms with Gasteiger partial charge in [0, 0.05) is 143 Å². The molecule has 1 aliphatic heterocycles. The predicted octanol–water partition coefficient (Wildman–Crippen LogP) is 14.3. The molecule has 0 bridgehead atoms. The molecule has 0 aromatic carbocycles. The third-order valence-electron chi connectivity index (χ3n) is 20.6. The number of amides is 9. The summed E-state index contributed by atoms with van der Waals surface area (Å²) in [4.78, 5) is 119. The fourth-order valence-electron chi connectivity index (χ4n) is 13.6. The number of rotatable bonds is 60. The van der Waals surface area contributed by atoms with E-state index in [4.69, 9.17) is 37.9 Å². The van der Waals surface area contributed by atoms with Crippen molar-refractivity contribution in [3.8, 4) is 0 Å². The maximum absolute atomic E-state index is 14.0. The van der Waals surface area contributed by atoms with Crippen LogP contribution in [0.2, 0.25) is 0 Å². The average Bonchev–Trinajstić information content (AvgIpc) is 1.31. The van der Waals surface area contributed by atoms with Crippen LogP contribution in [0.5, 0.6) is 0 Å². The standard InChI is InChI=1S/C90H169N8O17P/c1-76(2,3)56-85(21,22)74(106)93-44-38-88(27,28)112-49-40-83(17,18)72(104)95-58-80(11,12)62-109-60-78(7,8)54-67(99)91-43-37-87(25,26)114-51-42-90(31,32)115-53-48-98(71(103)36-47-97-69(101)34-35-70(97)102)116(33)66-111-65-82(15,16)64-108-52-46-92-68(100)55-79(9,10)61-110-63-81(13,14)59-96-73(105)84(19,20)41-50-113-89(29,30)39-45-94-75(107)86(23,24)57-77(4,5)6/h34-35H,36-66H2,1-33H3,(H,91,99)(H,92,100)(H,93,106)(H,94,107)(H,95,104)(H,96,105). The van der Waals surface area contributed by atoms with E-state index >= 15 is 0 Å². The predicted molar refractivity (Wildman–Crippen MR) is 466 cm³/mol. The molecule has 0 aromatic rings. The second kappa shape index (κ2) is 46.5. The average molecular weight is 1670 g/mol. The van der Waals surface area contributed by atoms with Crippen LogP contribution in [0.3, 0.4) is 0 Å². The lowest BCUT2D eigenvalue weighted by molar-refractivity contribution is -0.138. The first-order valence-electron chi connectivity index (χ1n) is 42.5. The molecule has 9 amide bonds. The highest BCUT2D eigenvalue weighted by Gasteiger charge is 2.39. The molecule has 116 heavy (non-hydrogen) atoms. The van der Waals surface area contributed by atoms with Crippen molar-refractivity contribution < 1.29 is 81.0 Å². The Morgan fingerprint density at radius 3 is 1.09 bits per heavy atom. The number of hydrogen-bond donors (Lipinski definition) is 6. The molecule has 1 unspecified atom stereocenters. The van der Waals surface area contributed by atoms with Gasteiger partial charge in [0.15, 0.2) is 0 Å². The largest absolute Gasteiger partial charge is 0.380 e. The van der Waals surface area contributed by atoms with E-state index in [-0.39, 0.29) is 108 Å². The second-order valence-electron chi connectivity index (χ2n) is 44.3. The van der Waals surface area contributed by atoms with Gasteiger partial charge in [0.25, 0.3) is 11.8 Å². The van der Waals surface area contributed by atoms with Crippen molar-refractivity contribution in [2.45, 2.75) is 315 Å². The lowest BCUT2D eigenvalue weighted by Crippen LogP contribution is -2.44. The van der Waals surface area contributed by atoms with Crippen LogP contribution < -0.4 is 31.9 Å². The highest BCUT2D eigenvalue weighted by Crippen LogP contribution is 2.39. The molecule has 0 radical (unpaired) electrons. The van der Waals surface area contributed by atoms with Gasteiger partial charge in [-0.2, -0.15) is 0 Å². The molecule has 0 aliphatic carbocycles. The summed E-state index contributed by atoms with van der Waals surface area (Å²) in [5.41, 5.74) is -6.46. The fourth-order valence-corrected chi connectivity index (χ4v) is 15.0. The zero-order valence-corrected chi connectivity index (χ0v) is 80.3. The molecular weight excluding hydrogens is 1500 g/mol. The highest BCUT2D eigenvalue weighted by molar-refractivity contribution is 7.54. The van der Waals surface area contributed by atoms with Crippen molar-refractivity contribution in [2.75, 3.05) is 138 Å². The molecule has 0 spiro atoms. The third-order valence-corrected chi connectivity index (χ3v) is 22.4. The number of nitrogens with zero attached hydrogens (tertiary/aromatic N) is 2. The lowest BCUT2D eigenvalue weighted by Gasteiger charge is -2.33. The first-order chi connectivity index (χ1) is 52.5. The molecule has 0 fully saturated rings. The van der Waals surface area contributed by atoms with Gasteiger partial charge in [-0.15, -0.1) is 0 Å². The first kappa shape index (κ1) is 109. The summed E-state index contributed by atoms with van der Waals surface area (Å²) < 4.78 is 51.7. The second-order valence-corrected chi connectivity index (χ2v) is 46.4. The number of imide groups is 1. The number of carbonyl (C=O) groups is 9. The lowest BCUT2D eigenvalue weighted by atomic mass is 9.75. The molecule has 1 rings (SSSR count). The van der Waals surface area contributed by atoms with Crippen molar-refractivity contribution in [2.24, 2.45) is 59.6 Å². The van der Waals surface area contributed by atoms with Gasteiger partial charge in [-0.3, -0.25) is 48.1 Å². The molecule has 6 N–H and O–H groups in total. The summed E-state index contributed by atoms with van der Waals surface area (Å²) in [6, 6.07) is 0. The maximum atomic E-state index is 14.0. The summed E-state index contributed by atoms with van der Waals surface area (Å²) in [5.74, 6) is -1.41. The summed E-state index contributed by atoms with van der Waals surface area (Å²) in [6.07, 6.45) is 8.10. The maximum Gasteiger partial charge on any atom is 0.253 e. The molecule has 1 atom stereocenters. The molecule has 1 aliphatic rings. The van der Waals surface area contributed by atoms with E-state index in [2.05, 4.69) is 73.4 Å². The Labute approximate surface area is 704 Å². The molecule has 0 saturated carbocycles. The summed E-state index contributed by atoms with van der Waals surface area (Å²) in [7, 11) is -1.19. The SMILES string of the molecule is CP(COCC(C)(C)COCCNC(=O)CC(C)(C)COCC(C)(C)CNC(=O)C(C)(C)CCOC(C)(C)CCNC(=O)C(C)(C)CC(C)(C)C)N(CCOC(C)(C)CCOC(C)(C)CCNC(=O)CC(C)(C)COCC(C)(C)CNC(=O)C(C)(C)CCOC(C)(C)CCNC(=O)C(C)(C)CC(C)(C)C)C(=O)CCN1C(=O)C=CC1=O. The molecule has 0 saturated heterocycles. The van der Waals surface area contributed by atoms with Gasteiger partial charge < -0.3 is 74.5 Å². The number of carbonyl (C=O) groups excluding carboxylic acids is 9. The van der Waals surface area contributed by atoms with Crippen LogP contribution in [0, 0.1) is 59.6 Å². The first-order valence-corrected chi connectivity index (χ1v) is 44.5. The minimum atomic E-state index is -1.19. The van der Waals surface area contributed by atoms with Crippen molar-refractivity contribution in [1.82, 2.24) is 41.5 Å². The summed E-state index contributed by atoms with van der Waals surface area (Å²) >= 11 is 0. The van der Waals surface area contributed by atoms with Crippen molar-refractivity contribution >= 4 is 61.2 Å². The summed E-state index contributed by atoms with van der Waals surface area (Å²) in [5, 5.41) is 18.5. The Kier molecular flexibility index (Phi) is 43.8. The van der Waals surface area contributed by atoms with Crippen molar-refractivity contribution in [3.05, 3.63) is 12.2 Å². The Bertz CT molecular complexity index is 3100. The van der Waals surface area contributed by atoms with E-state index in [0.717, 1.165) is 17.7 Å². The van der Waals surface area contributed by atoms with E-state index in [1.807, 2.05) is 187 Å². The van der Waals surface area contributed by atoms with Crippen LogP contribution in [0.1, 0.15) is 292 Å². The van der Waals surface area contributed by atoms with Crippen molar-refractivity contribution in [1.29, 1.82) is 0 Å². The van der Waals surface area contributed by atoms with Gasteiger partial charge in [-0.05, 0) is 135 Å². The van der Waals surface area contributed by atoms with Gasteiger partial charge in [0.05, 0.1) is 88.2 Å². The zero-order valence-electron chi connectivity index (χ0n) is 79.4. The minimum Gasteiger partial charge on any atom is -0.380 e. The minimum absolute atomic E-state index is 0.0372. The molecule has 25 nitrogen and oxygen atoms in total. The Morgan fingerprint density at radius 1 is 0.362 bits per heavy atom.